The maximum atomic E-state index is 13.8. The Morgan fingerprint density at radius 2 is 1.85 bits per heavy atom. The number of phenols is 1. The lowest BCUT2D eigenvalue weighted by molar-refractivity contribution is -0.181. The van der Waals surface area contributed by atoms with Gasteiger partial charge in [-0.3, -0.25) is 28.9 Å². The summed E-state index contributed by atoms with van der Waals surface area (Å²) in [7, 11) is 3.06. The molecule has 3 aliphatic carbocycles. The van der Waals surface area contributed by atoms with E-state index in [-0.39, 0.29) is 48.0 Å². The number of aliphatic hydroxyl groups is 2. The first kappa shape index (κ1) is 30.3. The molecular formula is C28H36ClN3O8. The van der Waals surface area contributed by atoms with Gasteiger partial charge < -0.3 is 26.4 Å². The number of nitrogens with two attached hydrogens (primary N) is 1. The highest BCUT2D eigenvalue weighted by Crippen LogP contribution is 2.51. The summed E-state index contributed by atoms with van der Waals surface area (Å²) in [6.07, 6.45) is 0.0227. The van der Waals surface area contributed by atoms with E-state index in [9.17, 15) is 39.3 Å². The van der Waals surface area contributed by atoms with Crippen molar-refractivity contribution in [3.05, 3.63) is 27.8 Å². The van der Waals surface area contributed by atoms with E-state index in [0.717, 1.165) is 0 Å². The number of amides is 1. The van der Waals surface area contributed by atoms with Crippen LogP contribution in [0, 0.1) is 29.1 Å². The van der Waals surface area contributed by atoms with Crippen LogP contribution in [-0.2, 0) is 32.1 Å². The zero-order chi connectivity index (χ0) is 30.1. The number of fused-ring (bicyclic) bond motifs is 3. The van der Waals surface area contributed by atoms with Crippen molar-refractivity contribution in [2.75, 3.05) is 20.7 Å². The van der Waals surface area contributed by atoms with Gasteiger partial charge in [0.1, 0.15) is 5.75 Å². The molecule has 1 amide bonds. The number of hydrogen-bond donors (Lipinski definition) is 5. The molecule has 2 fully saturated rings. The molecule has 7 atom stereocenters. The minimum atomic E-state index is -2.77. The highest BCUT2D eigenvalue weighted by Gasteiger charge is 2.69. The van der Waals surface area contributed by atoms with E-state index >= 15 is 0 Å². The smallest absolute Gasteiger partial charge is 0.235 e. The van der Waals surface area contributed by atoms with Gasteiger partial charge in [0.25, 0.3) is 0 Å². The first-order valence-electron chi connectivity index (χ1n) is 13.2. The summed E-state index contributed by atoms with van der Waals surface area (Å²) >= 11 is 6.75. The monoisotopic (exact) mass is 577 g/mol. The second-order valence-corrected chi connectivity index (χ2v) is 12.9. The highest BCUT2D eigenvalue weighted by molar-refractivity contribution is 6.34. The van der Waals surface area contributed by atoms with Gasteiger partial charge >= 0.3 is 0 Å². The number of nitrogens with zero attached hydrogens (tertiary/aromatic N) is 1. The first-order valence-corrected chi connectivity index (χ1v) is 13.6. The predicted molar refractivity (Wildman–Crippen MR) is 144 cm³/mol. The van der Waals surface area contributed by atoms with Gasteiger partial charge in [-0.15, -0.1) is 0 Å². The van der Waals surface area contributed by atoms with Crippen molar-refractivity contribution >= 4 is 40.6 Å². The number of benzene rings is 1. The number of carbonyl (C=O) groups excluding carboxylic acids is 5. The third-order valence-electron chi connectivity index (χ3n) is 8.84. The summed E-state index contributed by atoms with van der Waals surface area (Å²) < 4.78 is 0. The Morgan fingerprint density at radius 3 is 2.38 bits per heavy atom. The molecule has 2 saturated carbocycles. The fraction of sp³-hybridized carbons (Fsp3) is 0.607. The fourth-order valence-electron chi connectivity index (χ4n) is 6.71. The van der Waals surface area contributed by atoms with Crippen LogP contribution in [0.3, 0.4) is 0 Å². The molecule has 2 unspecified atom stereocenters. The fourth-order valence-corrected chi connectivity index (χ4v) is 7.01. The Balaban J connectivity index is 1.76. The van der Waals surface area contributed by atoms with Crippen LogP contribution in [0.4, 0.5) is 0 Å². The van der Waals surface area contributed by atoms with Crippen LogP contribution in [0.2, 0.25) is 5.02 Å². The lowest BCUT2D eigenvalue weighted by Gasteiger charge is -2.52. The van der Waals surface area contributed by atoms with Crippen molar-refractivity contribution in [2.45, 2.75) is 57.8 Å². The molecular weight excluding hydrogens is 542 g/mol. The minimum absolute atomic E-state index is 0.0555. The highest BCUT2D eigenvalue weighted by atomic mass is 35.5. The Morgan fingerprint density at radius 1 is 1.23 bits per heavy atom. The van der Waals surface area contributed by atoms with Crippen molar-refractivity contribution in [2.24, 2.45) is 34.8 Å². The molecule has 0 aromatic heterocycles. The van der Waals surface area contributed by atoms with Gasteiger partial charge in [0.15, 0.2) is 34.7 Å². The second-order valence-electron chi connectivity index (χ2n) is 12.5. The van der Waals surface area contributed by atoms with Gasteiger partial charge in [-0.1, -0.05) is 32.4 Å². The van der Waals surface area contributed by atoms with Gasteiger partial charge in [-0.05, 0) is 55.5 Å². The van der Waals surface area contributed by atoms with Crippen LogP contribution in [0.1, 0.15) is 48.7 Å². The molecule has 0 bridgehead atoms. The molecule has 0 heterocycles. The quantitative estimate of drug-likeness (QED) is 0.288. The van der Waals surface area contributed by atoms with Crippen LogP contribution in [0.25, 0.3) is 0 Å². The van der Waals surface area contributed by atoms with Crippen LogP contribution in [-0.4, -0.2) is 87.6 Å². The number of aliphatic hydroxyl groups excluding tert-OH is 1. The number of hydrogen-bond acceptors (Lipinski definition) is 10. The molecule has 3 aliphatic rings. The lowest BCUT2D eigenvalue weighted by Crippen LogP contribution is -2.74. The zero-order valence-corrected chi connectivity index (χ0v) is 23.9. The minimum Gasteiger partial charge on any atom is -0.507 e. The number of primary amides is 1. The number of carbonyl (C=O) groups is 5. The molecule has 0 radical (unpaired) electrons. The first-order chi connectivity index (χ1) is 18.5. The van der Waals surface area contributed by atoms with E-state index in [1.807, 2.05) is 20.8 Å². The maximum absolute atomic E-state index is 13.8. The number of nitrogens with one attached hydrogen (secondary N) is 1. The van der Waals surface area contributed by atoms with E-state index in [1.165, 1.54) is 25.1 Å². The van der Waals surface area contributed by atoms with E-state index in [1.54, 1.807) is 0 Å². The van der Waals surface area contributed by atoms with Gasteiger partial charge in [0.05, 0.1) is 24.1 Å². The van der Waals surface area contributed by atoms with E-state index in [2.05, 4.69) is 5.32 Å². The number of rotatable bonds is 6. The van der Waals surface area contributed by atoms with Crippen molar-refractivity contribution in [1.29, 1.82) is 0 Å². The van der Waals surface area contributed by atoms with E-state index in [4.69, 9.17) is 17.3 Å². The Labute approximate surface area is 237 Å². The molecule has 218 valence electrons. The predicted octanol–water partition coefficient (Wildman–Crippen LogP) is 0.0170. The van der Waals surface area contributed by atoms with Crippen molar-refractivity contribution in [3.8, 4) is 5.75 Å². The number of halogens is 1. The lowest BCUT2D eigenvalue weighted by atomic mass is 9.52. The van der Waals surface area contributed by atoms with Crippen LogP contribution in [0.15, 0.2) is 6.07 Å². The third-order valence-corrected chi connectivity index (χ3v) is 9.31. The molecule has 6 N–H and O–H groups in total. The van der Waals surface area contributed by atoms with Crippen LogP contribution >= 0.6 is 11.6 Å². The molecule has 11 nitrogen and oxygen atoms in total. The number of aromatic hydroxyl groups is 1. The van der Waals surface area contributed by atoms with Crippen molar-refractivity contribution in [1.82, 2.24) is 10.2 Å². The van der Waals surface area contributed by atoms with E-state index in [0.29, 0.717) is 11.1 Å². The summed E-state index contributed by atoms with van der Waals surface area (Å²) in [5, 5.41) is 35.7. The Hall–Kier alpha value is -2.70. The molecule has 12 heteroatoms. The van der Waals surface area contributed by atoms with Gasteiger partial charge in [-0.2, -0.15) is 0 Å². The van der Waals surface area contributed by atoms with Crippen LogP contribution < -0.4 is 11.1 Å². The number of likely N-dealkylation sites (N-methyl/N-ethyl adjacent to an activating group) is 1. The summed E-state index contributed by atoms with van der Waals surface area (Å²) in [5.41, 5.74) is 2.96. The molecule has 40 heavy (non-hydrogen) atoms. The topological polar surface area (TPSA) is 187 Å². The normalized spacial score (nSPS) is 31.1. The molecule has 1 aromatic rings. The van der Waals surface area contributed by atoms with Crippen LogP contribution in [0.5, 0.6) is 5.75 Å². The average molecular weight is 578 g/mol. The Bertz CT molecular complexity index is 1310. The van der Waals surface area contributed by atoms with Gasteiger partial charge in [0, 0.05) is 23.5 Å². The maximum Gasteiger partial charge on any atom is 0.235 e. The largest absolute Gasteiger partial charge is 0.507 e. The summed E-state index contributed by atoms with van der Waals surface area (Å²) in [6, 6.07) is -0.131. The number of ketones is 4. The van der Waals surface area contributed by atoms with Gasteiger partial charge in [0.2, 0.25) is 5.91 Å². The molecule has 1 aromatic carbocycles. The summed E-state index contributed by atoms with van der Waals surface area (Å²) in [5.74, 6) is -11.1. The Kier molecular flexibility index (Phi) is 7.79. The average Bonchev–Trinajstić information content (AvgIpc) is 2.83. The summed E-state index contributed by atoms with van der Waals surface area (Å²) in [4.78, 5) is 67.6. The molecule has 0 saturated heterocycles. The van der Waals surface area contributed by atoms with Gasteiger partial charge in [-0.25, -0.2) is 0 Å². The van der Waals surface area contributed by atoms with Crippen molar-refractivity contribution in [3.63, 3.8) is 0 Å². The molecule has 4 rings (SSSR count). The molecule has 0 spiro atoms. The standard InChI is InChI=1S/C28H36ClN3O8/c1-27(2,3)16(10-33)31-9-12-8-15(34)18-13(20(12)29)6-11-7-14-21(32(4)5)23(36)19(26(30)39)25(38)28(14,40)24(37)17(11)22(18)35/h8,11,14,16-17,19,21,31,33-34,40H,6-7,9-10H2,1-5H3,(H2,30,39)/t11-,14-,16+,17?,19?,21-,28-/m0/s1. The number of Topliss-reactive ketones (excluding diaryl/α,β-unsaturated/α-hetero) is 4. The zero-order valence-electron chi connectivity index (χ0n) is 23.2. The SMILES string of the molecule is CN(C)[C@@H]1C(=O)C(C(N)=O)C(=O)[C@@]2(O)C(=O)C3C(=O)c4c(O)cc(CN[C@H](CO)C(C)(C)C)c(Cl)c4C[C@H]3C[C@@H]12. The third kappa shape index (κ3) is 4.48. The number of phenolic OH excluding ortho intramolecular Hbond substituents is 1. The van der Waals surface area contributed by atoms with Crippen molar-refractivity contribution < 1.29 is 39.3 Å². The second kappa shape index (κ2) is 10.3. The van der Waals surface area contributed by atoms with E-state index < -0.39 is 70.1 Å². The summed E-state index contributed by atoms with van der Waals surface area (Å²) in [6.45, 7) is 5.93. The molecule has 0 aliphatic heterocycles.